The molecule has 4 heteroatoms. The van der Waals surface area contributed by atoms with Crippen molar-refractivity contribution in [3.63, 3.8) is 0 Å². The standard InChI is InChI=1S/C5H5NO3/c7-4-2-1-3-6(9)5(4)8/h1-3,7,9H. The molecule has 0 aromatic carbocycles. The van der Waals surface area contributed by atoms with Gasteiger partial charge in [0.1, 0.15) is 0 Å². The molecule has 0 amide bonds. The van der Waals surface area contributed by atoms with E-state index in [1.165, 1.54) is 12.1 Å². The predicted molar refractivity (Wildman–Crippen MR) is 29.6 cm³/mol. The topological polar surface area (TPSA) is 62.5 Å². The summed E-state index contributed by atoms with van der Waals surface area (Å²) in [7, 11) is 0. The van der Waals surface area contributed by atoms with Crippen LogP contribution in [0, 0.1) is 0 Å². The van der Waals surface area contributed by atoms with Gasteiger partial charge in [0.25, 0.3) is 0 Å². The molecule has 4 nitrogen and oxygen atoms in total. The van der Waals surface area contributed by atoms with Crippen LogP contribution in [0.1, 0.15) is 0 Å². The number of hydrogen-bond acceptors (Lipinski definition) is 3. The van der Waals surface area contributed by atoms with E-state index < -0.39 is 11.3 Å². The fourth-order valence-corrected chi connectivity index (χ4v) is 0.472. The third-order valence-electron chi connectivity index (χ3n) is 0.909. The van der Waals surface area contributed by atoms with E-state index in [2.05, 4.69) is 0 Å². The van der Waals surface area contributed by atoms with Gasteiger partial charge in [-0.15, -0.1) is 0 Å². The number of aromatic hydroxyl groups is 1. The van der Waals surface area contributed by atoms with Crippen LogP contribution in [0.5, 0.6) is 5.75 Å². The second-order valence-electron chi connectivity index (χ2n) is 1.54. The quantitative estimate of drug-likeness (QED) is 0.474. The van der Waals surface area contributed by atoms with Crippen molar-refractivity contribution in [2.75, 3.05) is 0 Å². The summed E-state index contributed by atoms with van der Waals surface area (Å²) >= 11 is 0. The molecule has 1 heterocycles. The van der Waals surface area contributed by atoms with Crippen molar-refractivity contribution in [3.05, 3.63) is 28.7 Å². The van der Waals surface area contributed by atoms with Gasteiger partial charge in [0.15, 0.2) is 5.75 Å². The van der Waals surface area contributed by atoms with E-state index >= 15 is 0 Å². The van der Waals surface area contributed by atoms with Crippen LogP contribution in [-0.2, 0) is 0 Å². The first-order valence-electron chi connectivity index (χ1n) is 2.31. The predicted octanol–water partition coefficient (Wildman–Crippen LogP) is -0.209. The maximum Gasteiger partial charge on any atom is 0.324 e. The van der Waals surface area contributed by atoms with Crippen molar-refractivity contribution in [2.24, 2.45) is 0 Å². The maximum atomic E-state index is 10.4. The summed E-state index contributed by atoms with van der Waals surface area (Å²) in [5, 5.41) is 17.2. The molecular weight excluding hydrogens is 122 g/mol. The molecule has 1 aromatic rings. The second kappa shape index (κ2) is 1.81. The molecule has 0 radical (unpaired) electrons. The zero-order valence-electron chi connectivity index (χ0n) is 4.48. The number of nitrogens with zero attached hydrogens (tertiary/aromatic N) is 1. The van der Waals surface area contributed by atoms with Gasteiger partial charge < -0.3 is 10.3 Å². The molecule has 0 fully saturated rings. The van der Waals surface area contributed by atoms with Crippen LogP contribution in [0.15, 0.2) is 23.1 Å². The molecule has 0 bridgehead atoms. The lowest BCUT2D eigenvalue weighted by molar-refractivity contribution is 0.171. The first kappa shape index (κ1) is 5.68. The second-order valence-corrected chi connectivity index (χ2v) is 1.54. The normalized spacial score (nSPS) is 9.33. The minimum atomic E-state index is -0.808. The third kappa shape index (κ3) is 0.861. The minimum Gasteiger partial charge on any atom is -0.503 e. The van der Waals surface area contributed by atoms with E-state index in [0.29, 0.717) is 4.73 Å². The third-order valence-corrected chi connectivity index (χ3v) is 0.909. The molecule has 0 saturated carbocycles. The average molecular weight is 127 g/mol. The first-order chi connectivity index (χ1) is 4.22. The van der Waals surface area contributed by atoms with Crippen molar-refractivity contribution >= 4 is 0 Å². The van der Waals surface area contributed by atoms with Gasteiger partial charge in [-0.1, -0.05) is 0 Å². The molecule has 9 heavy (non-hydrogen) atoms. The number of hydrogen-bond donors (Lipinski definition) is 2. The Morgan fingerprint density at radius 3 is 2.67 bits per heavy atom. The Labute approximate surface area is 50.6 Å². The van der Waals surface area contributed by atoms with Gasteiger partial charge in [-0.05, 0) is 12.1 Å². The molecule has 1 rings (SSSR count). The Hall–Kier alpha value is -1.45. The van der Waals surface area contributed by atoms with Crippen LogP contribution >= 0.6 is 0 Å². The van der Waals surface area contributed by atoms with Gasteiger partial charge >= 0.3 is 5.56 Å². The van der Waals surface area contributed by atoms with Gasteiger partial charge in [-0.2, -0.15) is 4.73 Å². The molecule has 0 aliphatic heterocycles. The Balaban J connectivity index is 3.43. The molecule has 1 aromatic heterocycles. The van der Waals surface area contributed by atoms with Crippen LogP contribution in [0.25, 0.3) is 0 Å². The lowest BCUT2D eigenvalue weighted by Gasteiger charge is -1.92. The highest BCUT2D eigenvalue weighted by Gasteiger charge is 1.95. The zero-order valence-corrected chi connectivity index (χ0v) is 4.48. The molecule has 0 saturated heterocycles. The highest BCUT2D eigenvalue weighted by Crippen LogP contribution is 1.94. The molecule has 0 atom stereocenters. The number of rotatable bonds is 0. The molecule has 48 valence electrons. The van der Waals surface area contributed by atoms with Gasteiger partial charge in [-0.25, -0.2) is 0 Å². The maximum absolute atomic E-state index is 10.4. The molecule has 2 N–H and O–H groups in total. The molecule has 0 spiro atoms. The van der Waals surface area contributed by atoms with Crippen molar-refractivity contribution < 1.29 is 10.3 Å². The molecule has 0 aliphatic rings. The summed E-state index contributed by atoms with van der Waals surface area (Å²) in [6.45, 7) is 0. The summed E-state index contributed by atoms with van der Waals surface area (Å²) in [6, 6.07) is 2.56. The molecule has 0 unspecified atom stereocenters. The van der Waals surface area contributed by atoms with Crippen LogP contribution in [0.3, 0.4) is 0 Å². The fourth-order valence-electron chi connectivity index (χ4n) is 0.472. The SMILES string of the molecule is O=c1c(O)cccn1O. The van der Waals surface area contributed by atoms with Gasteiger partial charge in [0, 0.05) is 6.20 Å². The van der Waals surface area contributed by atoms with Gasteiger partial charge in [0.05, 0.1) is 0 Å². The fraction of sp³-hybridized carbons (Fsp3) is 0. The van der Waals surface area contributed by atoms with Gasteiger partial charge in [-0.3, -0.25) is 4.79 Å². The summed E-state index contributed by atoms with van der Waals surface area (Å²) < 4.78 is 0.315. The van der Waals surface area contributed by atoms with E-state index in [9.17, 15) is 4.79 Å². The van der Waals surface area contributed by atoms with Gasteiger partial charge in [0.2, 0.25) is 0 Å². The Kier molecular flexibility index (Phi) is 1.14. The summed E-state index contributed by atoms with van der Waals surface area (Å²) in [4.78, 5) is 10.4. The zero-order chi connectivity index (χ0) is 6.85. The van der Waals surface area contributed by atoms with Crippen molar-refractivity contribution in [3.8, 4) is 5.75 Å². The summed E-state index contributed by atoms with van der Waals surface area (Å²) in [6.07, 6.45) is 1.14. The van der Waals surface area contributed by atoms with Crippen molar-refractivity contribution in [1.82, 2.24) is 4.73 Å². The summed E-state index contributed by atoms with van der Waals surface area (Å²) in [5.41, 5.74) is -0.808. The monoisotopic (exact) mass is 127 g/mol. The van der Waals surface area contributed by atoms with E-state index in [-0.39, 0.29) is 0 Å². The largest absolute Gasteiger partial charge is 0.503 e. The average Bonchev–Trinajstić information content (AvgIpc) is 1.83. The van der Waals surface area contributed by atoms with Crippen molar-refractivity contribution in [2.45, 2.75) is 0 Å². The number of aromatic nitrogens is 1. The minimum absolute atomic E-state index is 0.315. The van der Waals surface area contributed by atoms with Crippen LogP contribution in [0.2, 0.25) is 0 Å². The first-order valence-corrected chi connectivity index (χ1v) is 2.31. The van der Waals surface area contributed by atoms with Crippen molar-refractivity contribution in [1.29, 1.82) is 0 Å². The Morgan fingerprint density at radius 2 is 2.22 bits per heavy atom. The van der Waals surface area contributed by atoms with Crippen LogP contribution in [-0.4, -0.2) is 15.0 Å². The highest BCUT2D eigenvalue weighted by molar-refractivity contribution is 5.13. The van der Waals surface area contributed by atoms with Crippen LogP contribution in [0.4, 0.5) is 0 Å². The van der Waals surface area contributed by atoms with E-state index in [0.717, 1.165) is 6.20 Å². The van der Waals surface area contributed by atoms with E-state index in [4.69, 9.17) is 10.3 Å². The Morgan fingerprint density at radius 1 is 1.56 bits per heavy atom. The highest BCUT2D eigenvalue weighted by atomic mass is 16.5. The number of pyridine rings is 1. The lowest BCUT2D eigenvalue weighted by atomic mass is 10.5. The smallest absolute Gasteiger partial charge is 0.324 e. The van der Waals surface area contributed by atoms with E-state index in [1.54, 1.807) is 0 Å². The van der Waals surface area contributed by atoms with E-state index in [1.807, 2.05) is 0 Å². The molecule has 0 aliphatic carbocycles. The Bertz CT molecular complexity index is 242. The van der Waals surface area contributed by atoms with Crippen LogP contribution < -0.4 is 5.56 Å². The molecular formula is C5H5NO3. The lowest BCUT2D eigenvalue weighted by Crippen LogP contribution is -2.14. The summed E-state index contributed by atoms with van der Waals surface area (Å²) in [5.74, 6) is -0.458.